The Balaban J connectivity index is 2.30. The summed E-state index contributed by atoms with van der Waals surface area (Å²) in [5.41, 5.74) is 1.00. The summed E-state index contributed by atoms with van der Waals surface area (Å²) < 4.78 is 3.68. The van der Waals surface area contributed by atoms with Gasteiger partial charge in [-0.3, -0.25) is 9.59 Å². The second-order valence-electron chi connectivity index (χ2n) is 3.77. The normalized spacial score (nSPS) is 14.1. The van der Waals surface area contributed by atoms with Crippen LogP contribution in [0.2, 0.25) is 0 Å². The van der Waals surface area contributed by atoms with Crippen LogP contribution >= 0.6 is 102 Å². The molecule has 20 heavy (non-hydrogen) atoms. The number of halogens is 4. The molecule has 102 valence electrons. The highest BCUT2D eigenvalue weighted by atomic mass is 127. The zero-order chi connectivity index (χ0) is 14.6. The molecule has 0 saturated carbocycles. The molecule has 0 spiro atoms. The molecular formula is C11H2I4N2O2S. The van der Waals surface area contributed by atoms with Crippen LogP contribution in [0, 0.1) is 14.3 Å². The molecule has 0 fully saturated rings. The maximum Gasteiger partial charge on any atom is 0.269 e. The third-order valence-electron chi connectivity index (χ3n) is 2.71. The van der Waals surface area contributed by atoms with Gasteiger partial charge >= 0.3 is 0 Å². The standard InChI is InChI=1S/C11H2I4N2O2S/c12-5-3-4(6(13)8(15)7(5)14)10(19)17(9(3)18)11-16-1-2-20-11/h1-2H. The molecule has 0 aliphatic carbocycles. The van der Waals surface area contributed by atoms with Crippen LogP contribution in [0.1, 0.15) is 20.7 Å². The number of carbonyl (C=O) groups is 2. The molecule has 1 aromatic carbocycles. The number of aromatic nitrogens is 1. The summed E-state index contributed by atoms with van der Waals surface area (Å²) in [5.74, 6) is -0.562. The van der Waals surface area contributed by atoms with E-state index in [2.05, 4.69) is 95.3 Å². The van der Waals surface area contributed by atoms with E-state index in [1.807, 2.05) is 0 Å². The van der Waals surface area contributed by atoms with Crippen molar-refractivity contribution >= 4 is 119 Å². The lowest BCUT2D eigenvalue weighted by Crippen LogP contribution is -2.29. The minimum absolute atomic E-state index is 0.281. The Kier molecular flexibility index (Phi) is 4.61. The second kappa shape index (κ2) is 5.84. The van der Waals surface area contributed by atoms with E-state index in [0.717, 1.165) is 14.3 Å². The minimum atomic E-state index is -0.281. The van der Waals surface area contributed by atoms with Crippen molar-refractivity contribution in [1.29, 1.82) is 0 Å². The zero-order valence-electron chi connectivity index (χ0n) is 9.29. The summed E-state index contributed by atoms with van der Waals surface area (Å²) in [5, 5.41) is 2.18. The highest BCUT2D eigenvalue weighted by Gasteiger charge is 2.42. The lowest BCUT2D eigenvalue weighted by Gasteiger charge is -2.08. The number of thiazole rings is 1. The Morgan fingerprint density at radius 3 is 1.80 bits per heavy atom. The number of imide groups is 1. The molecule has 0 bridgehead atoms. The fourth-order valence-corrected chi connectivity index (χ4v) is 6.14. The van der Waals surface area contributed by atoms with Crippen LogP contribution in [-0.2, 0) is 0 Å². The minimum Gasteiger partial charge on any atom is -0.268 e. The number of amides is 2. The van der Waals surface area contributed by atoms with E-state index in [1.54, 1.807) is 11.6 Å². The molecule has 0 atom stereocenters. The molecule has 1 aliphatic rings. The highest BCUT2D eigenvalue weighted by Crippen LogP contribution is 2.39. The molecule has 3 rings (SSSR count). The van der Waals surface area contributed by atoms with Crippen molar-refractivity contribution in [3.8, 4) is 0 Å². The predicted molar refractivity (Wildman–Crippen MR) is 111 cm³/mol. The van der Waals surface area contributed by atoms with E-state index >= 15 is 0 Å². The molecule has 4 nitrogen and oxygen atoms in total. The Morgan fingerprint density at radius 2 is 1.40 bits per heavy atom. The quantitative estimate of drug-likeness (QED) is 0.190. The lowest BCUT2D eigenvalue weighted by molar-refractivity contribution is 0.0925. The van der Waals surface area contributed by atoms with Crippen molar-refractivity contribution in [3.63, 3.8) is 0 Å². The van der Waals surface area contributed by atoms with Gasteiger partial charge in [-0.15, -0.1) is 11.3 Å². The van der Waals surface area contributed by atoms with Crippen molar-refractivity contribution in [1.82, 2.24) is 4.98 Å². The van der Waals surface area contributed by atoms with Gasteiger partial charge in [0.2, 0.25) is 0 Å². The summed E-state index contributed by atoms with van der Waals surface area (Å²) in [6, 6.07) is 0. The first-order valence-corrected chi connectivity index (χ1v) is 10.3. The van der Waals surface area contributed by atoms with Crippen LogP contribution in [0.3, 0.4) is 0 Å². The van der Waals surface area contributed by atoms with Crippen molar-refractivity contribution in [2.45, 2.75) is 0 Å². The number of carbonyl (C=O) groups excluding carboxylic acids is 2. The van der Waals surface area contributed by atoms with Crippen LogP contribution in [0.15, 0.2) is 11.6 Å². The van der Waals surface area contributed by atoms with E-state index in [9.17, 15) is 9.59 Å². The average Bonchev–Trinajstić information content (AvgIpc) is 3.01. The molecule has 1 aromatic heterocycles. The van der Waals surface area contributed by atoms with E-state index < -0.39 is 0 Å². The lowest BCUT2D eigenvalue weighted by atomic mass is 10.1. The van der Waals surface area contributed by atoms with E-state index in [0.29, 0.717) is 16.3 Å². The second-order valence-corrected chi connectivity index (χ2v) is 8.95. The fourth-order valence-electron chi connectivity index (χ4n) is 1.85. The number of nitrogens with zero attached hydrogens (tertiary/aromatic N) is 2. The Morgan fingerprint density at radius 1 is 0.900 bits per heavy atom. The first-order valence-electron chi connectivity index (χ1n) is 5.09. The number of fused-ring (bicyclic) bond motifs is 1. The van der Waals surface area contributed by atoms with Gasteiger partial charge in [-0.1, -0.05) is 0 Å². The molecule has 2 heterocycles. The summed E-state index contributed by atoms with van der Waals surface area (Å²) in [4.78, 5) is 30.5. The van der Waals surface area contributed by atoms with Crippen LogP contribution < -0.4 is 4.90 Å². The van der Waals surface area contributed by atoms with Crippen LogP contribution in [-0.4, -0.2) is 16.8 Å². The largest absolute Gasteiger partial charge is 0.269 e. The first-order chi connectivity index (χ1) is 9.45. The monoisotopic (exact) mass is 734 g/mol. The van der Waals surface area contributed by atoms with Gasteiger partial charge < -0.3 is 0 Å². The third kappa shape index (κ3) is 2.25. The maximum absolute atomic E-state index is 12.6. The first kappa shape index (κ1) is 15.8. The van der Waals surface area contributed by atoms with Gasteiger partial charge in [0.25, 0.3) is 11.8 Å². The third-order valence-corrected chi connectivity index (χ3v) is 10.9. The molecule has 0 N–H and O–H groups in total. The van der Waals surface area contributed by atoms with Crippen molar-refractivity contribution in [2.75, 3.05) is 4.90 Å². The Bertz CT molecular complexity index is 714. The van der Waals surface area contributed by atoms with Crippen LogP contribution in [0.5, 0.6) is 0 Å². The number of benzene rings is 1. The summed E-state index contributed by atoms with van der Waals surface area (Å²) in [7, 11) is 0. The topological polar surface area (TPSA) is 50.3 Å². The van der Waals surface area contributed by atoms with Gasteiger partial charge in [0.05, 0.1) is 11.1 Å². The average molecular weight is 734 g/mol. The van der Waals surface area contributed by atoms with Gasteiger partial charge in [-0.05, 0) is 90.4 Å². The zero-order valence-corrected chi connectivity index (χ0v) is 18.7. The molecule has 0 unspecified atom stereocenters. The van der Waals surface area contributed by atoms with Crippen molar-refractivity contribution in [3.05, 3.63) is 37.0 Å². The summed E-state index contributed by atoms with van der Waals surface area (Å²) in [6.45, 7) is 0. The summed E-state index contributed by atoms with van der Waals surface area (Å²) in [6.07, 6.45) is 1.59. The van der Waals surface area contributed by atoms with Crippen LogP contribution in [0.4, 0.5) is 5.13 Å². The smallest absolute Gasteiger partial charge is 0.268 e. The van der Waals surface area contributed by atoms with E-state index in [4.69, 9.17) is 0 Å². The molecule has 0 saturated heterocycles. The predicted octanol–water partition coefficient (Wildman–Crippen LogP) is 4.36. The van der Waals surface area contributed by atoms with Crippen LogP contribution in [0.25, 0.3) is 0 Å². The highest BCUT2D eigenvalue weighted by molar-refractivity contribution is 14.1. The van der Waals surface area contributed by atoms with Gasteiger partial charge in [0, 0.05) is 25.9 Å². The Labute approximate surface area is 172 Å². The number of anilines is 1. The van der Waals surface area contributed by atoms with Gasteiger partial charge in [-0.2, -0.15) is 0 Å². The SMILES string of the molecule is O=C1c2c(I)c(I)c(I)c(I)c2C(=O)N1c1nccs1. The van der Waals surface area contributed by atoms with Gasteiger partial charge in [-0.25, -0.2) is 9.88 Å². The molecule has 2 aromatic rings. The van der Waals surface area contributed by atoms with Crippen molar-refractivity contribution in [2.24, 2.45) is 0 Å². The molecule has 0 radical (unpaired) electrons. The van der Waals surface area contributed by atoms with E-state index in [1.165, 1.54) is 16.2 Å². The van der Waals surface area contributed by atoms with Gasteiger partial charge in [0.1, 0.15) is 0 Å². The summed E-state index contributed by atoms with van der Waals surface area (Å²) >= 11 is 9.97. The molecule has 9 heteroatoms. The molecule has 1 aliphatic heterocycles. The number of rotatable bonds is 1. The Hall–Kier alpha value is 0.910. The maximum atomic E-state index is 12.6. The van der Waals surface area contributed by atoms with E-state index in [-0.39, 0.29) is 11.8 Å². The molecule has 2 amide bonds. The molecular weight excluding hydrogens is 732 g/mol. The fraction of sp³-hybridized carbons (Fsp3) is 0. The number of hydrogen-bond acceptors (Lipinski definition) is 4. The van der Waals surface area contributed by atoms with Gasteiger partial charge in [0.15, 0.2) is 5.13 Å². The van der Waals surface area contributed by atoms with Crippen molar-refractivity contribution < 1.29 is 9.59 Å². The number of hydrogen-bond donors (Lipinski definition) is 0.